The van der Waals surface area contributed by atoms with Crippen molar-refractivity contribution < 1.29 is 34.7 Å². The van der Waals surface area contributed by atoms with Crippen LogP contribution in [0.25, 0.3) is 0 Å². The SMILES string of the molecule is [Na+].[O-]CC1CSCSC1. The van der Waals surface area contributed by atoms with Crippen LogP contribution in [0.5, 0.6) is 0 Å². The fourth-order valence-electron chi connectivity index (χ4n) is 0.633. The second-order valence-corrected chi connectivity index (χ2v) is 4.32. The van der Waals surface area contributed by atoms with Gasteiger partial charge in [0.1, 0.15) is 0 Å². The number of thioether (sulfide) groups is 2. The Hall–Kier alpha value is 1.66. The first-order valence-electron chi connectivity index (χ1n) is 2.67. The van der Waals surface area contributed by atoms with Gasteiger partial charge in [-0.15, -0.1) is 6.61 Å². The van der Waals surface area contributed by atoms with E-state index in [0.29, 0.717) is 5.92 Å². The molecule has 0 aromatic rings. The quantitative estimate of drug-likeness (QED) is 0.405. The molecule has 0 bridgehead atoms. The molecular formula is C5H9NaOS2. The predicted octanol–water partition coefficient (Wildman–Crippen LogP) is -2.60. The molecule has 1 aliphatic heterocycles. The predicted molar refractivity (Wildman–Crippen MR) is 38.1 cm³/mol. The Labute approximate surface area is 86.6 Å². The van der Waals surface area contributed by atoms with Gasteiger partial charge in [0.2, 0.25) is 0 Å². The second-order valence-electron chi connectivity index (χ2n) is 1.89. The summed E-state index contributed by atoms with van der Waals surface area (Å²) in [6.07, 6.45) is 0. The summed E-state index contributed by atoms with van der Waals surface area (Å²) in [6.45, 7) is 0.125. The molecular weight excluding hydrogens is 163 g/mol. The van der Waals surface area contributed by atoms with Crippen molar-refractivity contribution >= 4 is 23.5 Å². The number of hydrogen-bond donors (Lipinski definition) is 0. The third kappa shape index (κ3) is 4.17. The molecule has 0 aromatic carbocycles. The Morgan fingerprint density at radius 3 is 2.22 bits per heavy atom. The van der Waals surface area contributed by atoms with E-state index in [1.165, 1.54) is 5.08 Å². The minimum atomic E-state index is 0. The van der Waals surface area contributed by atoms with Crippen LogP contribution in [0.4, 0.5) is 0 Å². The monoisotopic (exact) mass is 172 g/mol. The first-order valence-corrected chi connectivity index (χ1v) is 4.98. The van der Waals surface area contributed by atoms with Crippen molar-refractivity contribution in [1.29, 1.82) is 0 Å². The van der Waals surface area contributed by atoms with Gasteiger partial charge in [0.15, 0.2) is 0 Å². The molecule has 0 spiro atoms. The molecule has 0 amide bonds. The normalized spacial score (nSPS) is 21.0. The van der Waals surface area contributed by atoms with Gasteiger partial charge in [-0.3, -0.25) is 0 Å². The van der Waals surface area contributed by atoms with Crippen LogP contribution in [0.2, 0.25) is 0 Å². The Morgan fingerprint density at radius 2 is 1.89 bits per heavy atom. The molecule has 0 aromatic heterocycles. The van der Waals surface area contributed by atoms with Crippen molar-refractivity contribution in [3.05, 3.63) is 0 Å². The van der Waals surface area contributed by atoms with Gasteiger partial charge in [-0.25, -0.2) is 0 Å². The molecule has 1 rings (SSSR count). The molecule has 1 nitrogen and oxygen atoms in total. The molecule has 1 aliphatic rings. The Bertz CT molecular complexity index is 66.0. The van der Waals surface area contributed by atoms with Crippen LogP contribution in [0.1, 0.15) is 0 Å². The zero-order chi connectivity index (χ0) is 5.82. The van der Waals surface area contributed by atoms with E-state index in [9.17, 15) is 5.11 Å². The van der Waals surface area contributed by atoms with Crippen LogP contribution in [0.3, 0.4) is 0 Å². The van der Waals surface area contributed by atoms with E-state index < -0.39 is 0 Å². The van der Waals surface area contributed by atoms with E-state index in [2.05, 4.69) is 0 Å². The molecule has 48 valence electrons. The number of hydrogen-bond acceptors (Lipinski definition) is 3. The van der Waals surface area contributed by atoms with Crippen LogP contribution < -0.4 is 34.7 Å². The molecule has 0 radical (unpaired) electrons. The van der Waals surface area contributed by atoms with Crippen molar-refractivity contribution in [3.8, 4) is 0 Å². The molecule has 0 atom stereocenters. The van der Waals surface area contributed by atoms with Crippen LogP contribution in [-0.4, -0.2) is 23.2 Å². The van der Waals surface area contributed by atoms with Crippen LogP contribution in [0.15, 0.2) is 0 Å². The van der Waals surface area contributed by atoms with Gasteiger partial charge in [0.05, 0.1) is 0 Å². The third-order valence-corrected chi connectivity index (χ3v) is 3.86. The molecule has 9 heavy (non-hydrogen) atoms. The summed E-state index contributed by atoms with van der Waals surface area (Å²) in [5.41, 5.74) is 0. The molecule has 1 fully saturated rings. The van der Waals surface area contributed by atoms with E-state index >= 15 is 0 Å². The third-order valence-electron chi connectivity index (χ3n) is 1.11. The minimum absolute atomic E-state index is 0. The van der Waals surface area contributed by atoms with Gasteiger partial charge in [-0.05, 0) is 17.4 Å². The van der Waals surface area contributed by atoms with Crippen molar-refractivity contribution in [2.45, 2.75) is 0 Å². The summed E-state index contributed by atoms with van der Waals surface area (Å²) in [6, 6.07) is 0. The summed E-state index contributed by atoms with van der Waals surface area (Å²) >= 11 is 3.78. The summed E-state index contributed by atoms with van der Waals surface area (Å²) < 4.78 is 0. The fraction of sp³-hybridized carbons (Fsp3) is 1.00. The molecule has 0 unspecified atom stereocenters. The van der Waals surface area contributed by atoms with Crippen LogP contribution >= 0.6 is 23.5 Å². The maximum atomic E-state index is 10.3. The van der Waals surface area contributed by atoms with Crippen molar-refractivity contribution in [3.63, 3.8) is 0 Å². The first kappa shape index (κ1) is 10.7. The van der Waals surface area contributed by atoms with Gasteiger partial charge >= 0.3 is 29.6 Å². The van der Waals surface area contributed by atoms with E-state index in [-0.39, 0.29) is 36.2 Å². The summed E-state index contributed by atoms with van der Waals surface area (Å²) in [7, 11) is 0. The molecule has 1 heterocycles. The van der Waals surface area contributed by atoms with Crippen molar-refractivity contribution in [1.82, 2.24) is 0 Å². The van der Waals surface area contributed by atoms with Crippen LogP contribution in [0, 0.1) is 5.92 Å². The maximum absolute atomic E-state index is 10.3. The Kier molecular flexibility index (Phi) is 7.55. The summed E-state index contributed by atoms with van der Waals surface area (Å²) in [4.78, 5) is 0. The minimum Gasteiger partial charge on any atom is -0.854 e. The largest absolute Gasteiger partial charge is 1.00 e. The Balaban J connectivity index is 0.000000640. The average Bonchev–Trinajstić information content (AvgIpc) is 1.90. The van der Waals surface area contributed by atoms with Crippen molar-refractivity contribution in [2.24, 2.45) is 5.92 Å². The standard InChI is InChI=1S/C5H9OS2.Na/c6-1-5-2-7-4-8-3-5;/h5H,1-4H2;/q-1;+1. The summed E-state index contributed by atoms with van der Waals surface area (Å²) in [5.74, 6) is 2.64. The van der Waals surface area contributed by atoms with Gasteiger partial charge in [0, 0.05) is 5.08 Å². The molecule has 0 aliphatic carbocycles. The Morgan fingerprint density at radius 1 is 1.33 bits per heavy atom. The van der Waals surface area contributed by atoms with Gasteiger partial charge in [-0.1, -0.05) is 0 Å². The molecule has 1 saturated heterocycles. The smallest absolute Gasteiger partial charge is 0.854 e. The summed E-state index contributed by atoms with van der Waals surface area (Å²) in [5, 5.41) is 11.4. The first-order chi connectivity index (χ1) is 3.93. The van der Waals surface area contributed by atoms with E-state index in [0.717, 1.165) is 11.5 Å². The maximum Gasteiger partial charge on any atom is 1.00 e. The zero-order valence-electron chi connectivity index (χ0n) is 5.63. The van der Waals surface area contributed by atoms with Gasteiger partial charge in [0.25, 0.3) is 0 Å². The van der Waals surface area contributed by atoms with Gasteiger partial charge in [-0.2, -0.15) is 23.5 Å². The van der Waals surface area contributed by atoms with Crippen LogP contribution in [-0.2, 0) is 0 Å². The molecule has 0 saturated carbocycles. The zero-order valence-corrected chi connectivity index (χ0v) is 9.26. The second kappa shape index (κ2) is 6.38. The number of rotatable bonds is 1. The van der Waals surface area contributed by atoms with Gasteiger partial charge < -0.3 is 5.11 Å². The average molecular weight is 172 g/mol. The fourth-order valence-corrected chi connectivity index (χ4v) is 3.12. The molecule has 4 heteroatoms. The topological polar surface area (TPSA) is 23.1 Å². The van der Waals surface area contributed by atoms with E-state index in [1.54, 1.807) is 0 Å². The van der Waals surface area contributed by atoms with E-state index in [4.69, 9.17) is 0 Å². The van der Waals surface area contributed by atoms with Crippen molar-refractivity contribution in [2.75, 3.05) is 23.2 Å². The van der Waals surface area contributed by atoms with E-state index in [1.807, 2.05) is 23.5 Å². The molecule has 0 N–H and O–H groups in total.